The summed E-state index contributed by atoms with van der Waals surface area (Å²) in [5.74, 6) is 1.29. The Morgan fingerprint density at radius 3 is 2.81 bits per heavy atom. The highest BCUT2D eigenvalue weighted by atomic mass is 16.5. The molecule has 0 heterocycles. The van der Waals surface area contributed by atoms with E-state index in [1.165, 1.54) is 18.6 Å². The highest BCUT2D eigenvalue weighted by molar-refractivity contribution is 5.49. The molecule has 1 heteroatoms. The minimum atomic E-state index is 0.346. The first-order valence-electron chi connectivity index (χ1n) is 6.50. The average Bonchev–Trinajstić information content (AvgIpc) is 2.99. The molecule has 0 radical (unpaired) electrons. The van der Waals surface area contributed by atoms with Crippen LogP contribution in [0.15, 0.2) is 35.6 Å². The molecule has 0 spiro atoms. The van der Waals surface area contributed by atoms with Crippen LogP contribution in [-0.4, -0.2) is 6.61 Å². The van der Waals surface area contributed by atoms with Crippen molar-refractivity contribution in [3.05, 3.63) is 35.6 Å². The molecule has 3 aliphatic carbocycles. The van der Waals surface area contributed by atoms with Gasteiger partial charge in [-0.15, -0.1) is 0 Å². The molecule has 3 aliphatic rings. The summed E-state index contributed by atoms with van der Waals surface area (Å²) in [6, 6.07) is 0. The minimum Gasteiger partial charge on any atom is -0.498 e. The Balaban J connectivity index is 2.03. The van der Waals surface area contributed by atoms with E-state index in [1.807, 2.05) is 0 Å². The molecule has 2 atom stereocenters. The van der Waals surface area contributed by atoms with Crippen LogP contribution in [-0.2, 0) is 4.74 Å². The van der Waals surface area contributed by atoms with Crippen LogP contribution in [0.2, 0.25) is 0 Å². The predicted molar refractivity (Wildman–Crippen MR) is 65.9 cm³/mol. The summed E-state index contributed by atoms with van der Waals surface area (Å²) in [7, 11) is 0. The molecular formula is C15H20O. The first kappa shape index (κ1) is 10.2. The molecule has 0 aliphatic heterocycles. The van der Waals surface area contributed by atoms with Crippen molar-refractivity contribution in [2.45, 2.75) is 39.5 Å². The number of allylic oxidation sites excluding steroid dienone is 6. The van der Waals surface area contributed by atoms with Gasteiger partial charge in [-0.1, -0.05) is 31.2 Å². The molecule has 16 heavy (non-hydrogen) atoms. The zero-order valence-electron chi connectivity index (χ0n) is 10.3. The largest absolute Gasteiger partial charge is 0.498 e. The maximum Gasteiger partial charge on any atom is 0.0960 e. The van der Waals surface area contributed by atoms with E-state index in [0.29, 0.717) is 10.8 Å². The van der Waals surface area contributed by atoms with Crippen molar-refractivity contribution in [1.82, 2.24) is 0 Å². The molecule has 1 fully saturated rings. The maximum absolute atomic E-state index is 5.85. The molecule has 0 bridgehead atoms. The van der Waals surface area contributed by atoms with E-state index in [2.05, 4.69) is 38.2 Å². The quantitative estimate of drug-likeness (QED) is 0.693. The van der Waals surface area contributed by atoms with Crippen LogP contribution >= 0.6 is 0 Å². The van der Waals surface area contributed by atoms with E-state index >= 15 is 0 Å². The van der Waals surface area contributed by atoms with E-state index in [0.717, 1.165) is 19.4 Å². The Labute approximate surface area is 97.9 Å². The second-order valence-electron chi connectivity index (χ2n) is 5.21. The monoisotopic (exact) mass is 216 g/mol. The van der Waals surface area contributed by atoms with Crippen LogP contribution in [0.1, 0.15) is 39.5 Å². The Hall–Kier alpha value is -0.980. The van der Waals surface area contributed by atoms with Gasteiger partial charge in [0, 0.05) is 17.3 Å². The summed E-state index contributed by atoms with van der Waals surface area (Å²) in [5, 5.41) is 0. The summed E-state index contributed by atoms with van der Waals surface area (Å²) < 4.78 is 5.85. The van der Waals surface area contributed by atoms with Crippen LogP contribution in [0.5, 0.6) is 0 Å². The summed E-state index contributed by atoms with van der Waals surface area (Å²) in [6.07, 6.45) is 14.2. The Kier molecular flexibility index (Phi) is 2.07. The van der Waals surface area contributed by atoms with Gasteiger partial charge in [-0.2, -0.15) is 0 Å². The Morgan fingerprint density at radius 1 is 1.25 bits per heavy atom. The Morgan fingerprint density at radius 2 is 2.06 bits per heavy atom. The number of hydrogen-bond acceptors (Lipinski definition) is 1. The van der Waals surface area contributed by atoms with Gasteiger partial charge in [0.25, 0.3) is 0 Å². The smallest absolute Gasteiger partial charge is 0.0960 e. The Bertz CT molecular complexity index is 402. The standard InChI is InChI=1S/C15H20O/c1-3-12-13(16-4-2)7-10-14-8-5-6-9-15(12,14)11-14/h5-6,8-9H,3-4,7,10-11H2,1-2H3. The molecule has 0 N–H and O–H groups in total. The molecule has 0 aromatic heterocycles. The van der Waals surface area contributed by atoms with E-state index < -0.39 is 0 Å². The fourth-order valence-corrected chi connectivity index (χ4v) is 3.83. The van der Waals surface area contributed by atoms with Crippen molar-refractivity contribution >= 4 is 0 Å². The molecule has 86 valence electrons. The third-order valence-corrected chi connectivity index (χ3v) is 4.61. The van der Waals surface area contributed by atoms with E-state index in [1.54, 1.807) is 5.57 Å². The summed E-state index contributed by atoms with van der Waals surface area (Å²) >= 11 is 0. The minimum absolute atomic E-state index is 0.346. The summed E-state index contributed by atoms with van der Waals surface area (Å²) in [4.78, 5) is 0. The van der Waals surface area contributed by atoms with Crippen molar-refractivity contribution < 1.29 is 4.74 Å². The molecule has 0 amide bonds. The van der Waals surface area contributed by atoms with Crippen molar-refractivity contribution in [3.8, 4) is 0 Å². The van der Waals surface area contributed by atoms with E-state index in [4.69, 9.17) is 4.74 Å². The summed E-state index contributed by atoms with van der Waals surface area (Å²) in [6.45, 7) is 5.16. The average molecular weight is 216 g/mol. The lowest BCUT2D eigenvalue weighted by Crippen LogP contribution is -2.22. The third kappa shape index (κ3) is 1.07. The van der Waals surface area contributed by atoms with Crippen molar-refractivity contribution in [2.75, 3.05) is 6.61 Å². The molecule has 1 nitrogen and oxygen atoms in total. The lowest BCUT2D eigenvalue weighted by atomic mass is 9.74. The normalized spacial score (nSPS) is 39.4. The van der Waals surface area contributed by atoms with Gasteiger partial charge in [-0.05, 0) is 31.8 Å². The highest BCUT2D eigenvalue weighted by Gasteiger charge is 2.68. The van der Waals surface area contributed by atoms with Crippen LogP contribution in [0.3, 0.4) is 0 Å². The van der Waals surface area contributed by atoms with Crippen molar-refractivity contribution in [3.63, 3.8) is 0 Å². The van der Waals surface area contributed by atoms with Crippen LogP contribution in [0, 0.1) is 10.8 Å². The second kappa shape index (κ2) is 3.26. The zero-order chi connectivity index (χ0) is 11.2. The fraction of sp³-hybridized carbons (Fsp3) is 0.600. The molecule has 3 rings (SSSR count). The second-order valence-corrected chi connectivity index (χ2v) is 5.21. The van der Waals surface area contributed by atoms with Crippen LogP contribution < -0.4 is 0 Å². The van der Waals surface area contributed by atoms with Gasteiger partial charge in [0.1, 0.15) is 0 Å². The van der Waals surface area contributed by atoms with Gasteiger partial charge in [0.2, 0.25) is 0 Å². The fourth-order valence-electron chi connectivity index (χ4n) is 3.83. The molecule has 0 saturated heterocycles. The first-order valence-corrected chi connectivity index (χ1v) is 6.50. The number of rotatable bonds is 3. The zero-order valence-corrected chi connectivity index (χ0v) is 10.3. The van der Waals surface area contributed by atoms with Crippen molar-refractivity contribution in [2.24, 2.45) is 10.8 Å². The summed E-state index contributed by atoms with van der Waals surface area (Å²) in [5.41, 5.74) is 2.38. The lowest BCUT2D eigenvalue weighted by molar-refractivity contribution is 0.193. The first-order chi connectivity index (χ1) is 7.78. The topological polar surface area (TPSA) is 9.23 Å². The highest BCUT2D eigenvalue weighted by Crippen LogP contribution is 2.76. The van der Waals surface area contributed by atoms with Crippen LogP contribution in [0.25, 0.3) is 0 Å². The maximum atomic E-state index is 5.85. The van der Waals surface area contributed by atoms with Gasteiger partial charge >= 0.3 is 0 Å². The molecular weight excluding hydrogens is 196 g/mol. The lowest BCUT2D eigenvalue weighted by Gasteiger charge is -2.32. The van der Waals surface area contributed by atoms with Gasteiger partial charge in [-0.3, -0.25) is 0 Å². The van der Waals surface area contributed by atoms with E-state index in [-0.39, 0.29) is 0 Å². The molecule has 0 aromatic rings. The SMILES string of the molecule is CCOC1=C(CC)C23C=CC=CC2(CC1)C3. The molecule has 2 unspecified atom stereocenters. The van der Waals surface area contributed by atoms with E-state index in [9.17, 15) is 0 Å². The molecule has 0 aromatic carbocycles. The van der Waals surface area contributed by atoms with Crippen LogP contribution in [0.4, 0.5) is 0 Å². The molecule has 1 saturated carbocycles. The third-order valence-electron chi connectivity index (χ3n) is 4.61. The van der Waals surface area contributed by atoms with Gasteiger partial charge in [-0.25, -0.2) is 0 Å². The number of hydrogen-bond donors (Lipinski definition) is 0. The van der Waals surface area contributed by atoms with Gasteiger partial charge < -0.3 is 4.74 Å². The van der Waals surface area contributed by atoms with Gasteiger partial charge in [0.15, 0.2) is 0 Å². The number of ether oxygens (including phenoxy) is 1. The van der Waals surface area contributed by atoms with Crippen molar-refractivity contribution in [1.29, 1.82) is 0 Å². The predicted octanol–water partition coefficient (Wildman–Crippen LogP) is 3.98. The van der Waals surface area contributed by atoms with Gasteiger partial charge in [0.05, 0.1) is 12.4 Å².